The molecule has 1 N–H and O–H groups in total. The fraction of sp³-hybridized carbons (Fsp3) is 0.261. The van der Waals surface area contributed by atoms with Crippen LogP contribution in [0.25, 0.3) is 0 Å². The van der Waals surface area contributed by atoms with Gasteiger partial charge in [-0.2, -0.15) is 5.26 Å². The number of allylic oxidation sites excluding steroid dienone is 1. The van der Waals surface area contributed by atoms with Crippen LogP contribution in [0.15, 0.2) is 65.2 Å². The number of rotatable bonds is 6. The minimum Gasteiger partial charge on any atom is -0.468 e. The lowest BCUT2D eigenvalue weighted by molar-refractivity contribution is -0.150. The highest BCUT2D eigenvalue weighted by Crippen LogP contribution is 2.40. The smallest absolute Gasteiger partial charge is 0.319 e. The van der Waals surface area contributed by atoms with Crippen molar-refractivity contribution in [1.82, 2.24) is 5.32 Å². The van der Waals surface area contributed by atoms with Gasteiger partial charge in [0.2, 0.25) is 5.91 Å². The minimum atomic E-state index is -1.09. The van der Waals surface area contributed by atoms with Gasteiger partial charge in [0.15, 0.2) is 0 Å². The lowest BCUT2D eigenvalue weighted by Crippen LogP contribution is -2.44. The number of nitriles is 1. The van der Waals surface area contributed by atoms with Crippen LogP contribution in [0.4, 0.5) is 0 Å². The van der Waals surface area contributed by atoms with Crippen LogP contribution in [0, 0.1) is 17.2 Å². The van der Waals surface area contributed by atoms with Gasteiger partial charge in [-0.05, 0) is 23.1 Å². The SMILES string of the molecule is CCc1ccc([C@H]2C(C#N)=C(SCc3ccccc3)NC(=O)[C@@H]2C(=O)OC)cc1. The average Bonchev–Trinajstić information content (AvgIpc) is 2.77. The summed E-state index contributed by atoms with van der Waals surface area (Å²) in [5, 5.41) is 13.2. The zero-order valence-corrected chi connectivity index (χ0v) is 17.2. The van der Waals surface area contributed by atoms with E-state index in [-0.39, 0.29) is 0 Å². The molecule has 1 aliphatic heterocycles. The molecule has 0 saturated heterocycles. The number of carbonyl (C=O) groups excluding carboxylic acids is 2. The Bertz CT molecular complexity index is 962. The Morgan fingerprint density at radius 3 is 2.41 bits per heavy atom. The summed E-state index contributed by atoms with van der Waals surface area (Å²) in [6, 6.07) is 19.7. The van der Waals surface area contributed by atoms with Crippen LogP contribution in [0.1, 0.15) is 29.5 Å². The molecule has 148 valence electrons. The van der Waals surface area contributed by atoms with Crippen LogP contribution in [0.5, 0.6) is 0 Å². The number of esters is 1. The Hall–Kier alpha value is -3.04. The number of nitrogens with zero attached hydrogens (tertiary/aromatic N) is 1. The van der Waals surface area contributed by atoms with Gasteiger partial charge in [0.05, 0.1) is 23.8 Å². The van der Waals surface area contributed by atoms with Crippen molar-refractivity contribution in [3.8, 4) is 6.07 Å². The van der Waals surface area contributed by atoms with E-state index in [1.54, 1.807) is 0 Å². The van der Waals surface area contributed by atoms with E-state index in [4.69, 9.17) is 4.74 Å². The van der Waals surface area contributed by atoms with Gasteiger partial charge < -0.3 is 10.1 Å². The summed E-state index contributed by atoms with van der Waals surface area (Å²) in [6.45, 7) is 2.05. The number of methoxy groups -OCH3 is 1. The van der Waals surface area contributed by atoms with E-state index < -0.39 is 23.7 Å². The Kier molecular flexibility index (Phi) is 6.73. The summed E-state index contributed by atoms with van der Waals surface area (Å²) in [7, 11) is 1.25. The average molecular weight is 407 g/mol. The van der Waals surface area contributed by atoms with Gasteiger partial charge in [-0.3, -0.25) is 9.59 Å². The molecule has 0 radical (unpaired) electrons. The van der Waals surface area contributed by atoms with E-state index in [1.165, 1.54) is 18.9 Å². The van der Waals surface area contributed by atoms with Gasteiger partial charge in [0, 0.05) is 11.7 Å². The van der Waals surface area contributed by atoms with E-state index in [9.17, 15) is 14.9 Å². The predicted molar refractivity (Wildman–Crippen MR) is 113 cm³/mol. The summed E-state index contributed by atoms with van der Waals surface area (Å²) in [5.41, 5.74) is 3.35. The van der Waals surface area contributed by atoms with Crippen molar-refractivity contribution >= 4 is 23.6 Å². The number of aryl methyl sites for hydroxylation is 1. The molecule has 3 rings (SSSR count). The van der Waals surface area contributed by atoms with Crippen molar-refractivity contribution in [3.05, 3.63) is 81.9 Å². The molecular weight excluding hydrogens is 384 g/mol. The van der Waals surface area contributed by atoms with Crippen LogP contribution in [-0.2, 0) is 26.5 Å². The van der Waals surface area contributed by atoms with Gasteiger partial charge >= 0.3 is 5.97 Å². The molecule has 0 unspecified atom stereocenters. The molecule has 1 aliphatic rings. The molecule has 2 aromatic carbocycles. The molecular formula is C23H22N2O3S. The molecule has 1 amide bonds. The largest absolute Gasteiger partial charge is 0.468 e. The van der Waals surface area contributed by atoms with Crippen molar-refractivity contribution < 1.29 is 14.3 Å². The normalized spacial score (nSPS) is 18.7. The van der Waals surface area contributed by atoms with Gasteiger partial charge in [-0.15, -0.1) is 11.8 Å². The highest BCUT2D eigenvalue weighted by atomic mass is 32.2. The van der Waals surface area contributed by atoms with Crippen molar-refractivity contribution in [2.24, 2.45) is 5.92 Å². The second kappa shape index (κ2) is 9.44. The second-order valence-electron chi connectivity index (χ2n) is 6.69. The molecule has 1 heterocycles. The fourth-order valence-electron chi connectivity index (χ4n) is 3.37. The molecule has 0 fully saturated rings. The van der Waals surface area contributed by atoms with Crippen LogP contribution >= 0.6 is 11.8 Å². The number of ether oxygens (including phenoxy) is 1. The highest BCUT2D eigenvalue weighted by molar-refractivity contribution is 8.02. The van der Waals surface area contributed by atoms with Crippen LogP contribution in [0.2, 0.25) is 0 Å². The van der Waals surface area contributed by atoms with Crippen molar-refractivity contribution in [2.45, 2.75) is 25.0 Å². The van der Waals surface area contributed by atoms with Crippen LogP contribution < -0.4 is 5.32 Å². The highest BCUT2D eigenvalue weighted by Gasteiger charge is 2.44. The van der Waals surface area contributed by atoms with Gasteiger partial charge in [0.1, 0.15) is 5.92 Å². The third-order valence-electron chi connectivity index (χ3n) is 4.96. The first-order chi connectivity index (χ1) is 14.1. The lowest BCUT2D eigenvalue weighted by atomic mass is 9.78. The number of amides is 1. The molecule has 0 spiro atoms. The van der Waals surface area contributed by atoms with E-state index >= 15 is 0 Å². The Morgan fingerprint density at radius 1 is 1.14 bits per heavy atom. The first-order valence-electron chi connectivity index (χ1n) is 9.37. The number of benzene rings is 2. The number of hydrogen-bond acceptors (Lipinski definition) is 5. The zero-order chi connectivity index (χ0) is 20.8. The second-order valence-corrected chi connectivity index (χ2v) is 7.68. The first kappa shape index (κ1) is 20.7. The predicted octanol–water partition coefficient (Wildman–Crippen LogP) is 3.92. The summed E-state index contributed by atoms with van der Waals surface area (Å²) in [5.74, 6) is -2.26. The molecule has 2 aromatic rings. The molecule has 0 bridgehead atoms. The van der Waals surface area contributed by atoms with Gasteiger partial charge in [-0.25, -0.2) is 0 Å². The third-order valence-corrected chi connectivity index (χ3v) is 6.05. The number of nitrogens with one attached hydrogen (secondary N) is 1. The summed E-state index contributed by atoms with van der Waals surface area (Å²) in [6.07, 6.45) is 0.880. The molecule has 2 atom stereocenters. The number of carbonyl (C=O) groups is 2. The standard InChI is InChI=1S/C23H22N2O3S/c1-3-15-9-11-17(12-10-15)19-18(13-24)22(25-21(26)20(19)23(27)28-2)29-14-16-7-5-4-6-8-16/h4-12,19-20H,3,14H2,1-2H3,(H,25,26)/t19-,20+/m0/s1. The Balaban J connectivity index is 2.02. The molecule has 5 nitrogen and oxygen atoms in total. The topological polar surface area (TPSA) is 79.2 Å². The van der Waals surface area contributed by atoms with Crippen molar-refractivity contribution in [3.63, 3.8) is 0 Å². The molecule has 0 saturated carbocycles. The van der Waals surface area contributed by atoms with Crippen molar-refractivity contribution in [1.29, 1.82) is 5.26 Å². The Morgan fingerprint density at radius 2 is 1.83 bits per heavy atom. The molecule has 0 aromatic heterocycles. The van der Waals surface area contributed by atoms with E-state index in [1.807, 2.05) is 54.6 Å². The van der Waals surface area contributed by atoms with Crippen LogP contribution in [0.3, 0.4) is 0 Å². The van der Waals surface area contributed by atoms with E-state index in [0.29, 0.717) is 16.4 Å². The molecule has 0 aliphatic carbocycles. The number of thioether (sulfide) groups is 1. The summed E-state index contributed by atoms with van der Waals surface area (Å²) in [4.78, 5) is 25.2. The third kappa shape index (κ3) is 4.52. The zero-order valence-electron chi connectivity index (χ0n) is 16.3. The maximum Gasteiger partial charge on any atom is 0.319 e. The van der Waals surface area contributed by atoms with E-state index in [2.05, 4.69) is 18.3 Å². The first-order valence-corrected chi connectivity index (χ1v) is 10.4. The maximum absolute atomic E-state index is 12.8. The molecule has 29 heavy (non-hydrogen) atoms. The fourth-order valence-corrected chi connectivity index (χ4v) is 4.37. The summed E-state index contributed by atoms with van der Waals surface area (Å²) >= 11 is 1.39. The van der Waals surface area contributed by atoms with Crippen LogP contribution in [-0.4, -0.2) is 19.0 Å². The van der Waals surface area contributed by atoms with E-state index in [0.717, 1.165) is 23.1 Å². The maximum atomic E-state index is 12.8. The van der Waals surface area contributed by atoms with Gasteiger partial charge in [-0.1, -0.05) is 61.5 Å². The van der Waals surface area contributed by atoms with Crippen molar-refractivity contribution in [2.75, 3.05) is 7.11 Å². The summed E-state index contributed by atoms with van der Waals surface area (Å²) < 4.78 is 4.88. The monoisotopic (exact) mass is 406 g/mol. The molecule has 6 heteroatoms. The minimum absolute atomic E-state index is 0.380. The quantitative estimate of drug-likeness (QED) is 0.581. The number of hydrogen-bond donors (Lipinski definition) is 1. The lowest BCUT2D eigenvalue weighted by Gasteiger charge is -2.31. The van der Waals surface area contributed by atoms with Gasteiger partial charge in [0.25, 0.3) is 0 Å². The Labute approximate surface area is 174 Å².